The molecule has 0 bridgehead atoms. The molecule has 150 valence electrons. The van der Waals surface area contributed by atoms with Crippen molar-refractivity contribution in [2.24, 2.45) is 0 Å². The van der Waals surface area contributed by atoms with Gasteiger partial charge in [-0.05, 0) is 57.2 Å². The summed E-state index contributed by atoms with van der Waals surface area (Å²) < 4.78 is 34.1. The summed E-state index contributed by atoms with van der Waals surface area (Å²) in [4.78, 5) is 12.9. The van der Waals surface area contributed by atoms with E-state index in [0.717, 1.165) is 0 Å². The van der Waals surface area contributed by atoms with Crippen LogP contribution in [0.3, 0.4) is 0 Å². The molecule has 0 radical (unpaired) electrons. The molecule has 8 nitrogen and oxygen atoms in total. The minimum atomic E-state index is -3.62. The molecule has 0 saturated carbocycles. The number of carbonyl (C=O) groups is 1. The van der Waals surface area contributed by atoms with Crippen molar-refractivity contribution in [1.82, 2.24) is 9.29 Å². The summed E-state index contributed by atoms with van der Waals surface area (Å²) in [6.45, 7) is 5.07. The van der Waals surface area contributed by atoms with Crippen molar-refractivity contribution < 1.29 is 17.6 Å². The predicted octanol–water partition coefficient (Wildman–Crippen LogP) is 3.19. The van der Waals surface area contributed by atoms with Gasteiger partial charge in [-0.1, -0.05) is 0 Å². The average molecular weight is 412 g/mol. The highest BCUT2D eigenvalue weighted by atomic mass is 32.2. The second-order valence-corrected chi connectivity index (χ2v) is 8.38. The first kappa shape index (κ1) is 20.4. The maximum Gasteiger partial charge on any atom is 0.260 e. The fourth-order valence-electron chi connectivity index (χ4n) is 2.85. The van der Waals surface area contributed by atoms with Crippen LogP contribution in [0.4, 0.5) is 5.69 Å². The molecule has 29 heavy (non-hydrogen) atoms. The molecule has 0 fully saturated rings. The Morgan fingerprint density at radius 1 is 1.17 bits per heavy atom. The number of amides is 1. The molecule has 3 aromatic rings. The second-order valence-electron chi connectivity index (χ2n) is 6.67. The molecule has 0 aliphatic heterocycles. The van der Waals surface area contributed by atoms with E-state index in [2.05, 4.69) is 10.0 Å². The van der Waals surface area contributed by atoms with Crippen LogP contribution >= 0.6 is 0 Å². The van der Waals surface area contributed by atoms with Crippen molar-refractivity contribution in [3.05, 3.63) is 65.7 Å². The molecule has 2 aromatic heterocycles. The molecule has 0 aliphatic rings. The summed E-state index contributed by atoms with van der Waals surface area (Å²) in [6, 6.07) is 11.1. The Kier molecular flexibility index (Phi) is 5.59. The smallest absolute Gasteiger partial charge is 0.260 e. The zero-order valence-corrected chi connectivity index (χ0v) is 16.9. The minimum Gasteiger partial charge on any atom is -0.443 e. The Morgan fingerprint density at radius 2 is 1.79 bits per heavy atom. The van der Waals surface area contributed by atoms with Crippen LogP contribution < -0.4 is 10.0 Å². The van der Waals surface area contributed by atoms with E-state index in [1.807, 2.05) is 6.07 Å². The largest absolute Gasteiger partial charge is 0.443 e. The van der Waals surface area contributed by atoms with Gasteiger partial charge >= 0.3 is 0 Å². The number of sulfonamides is 1. The van der Waals surface area contributed by atoms with Crippen molar-refractivity contribution in [3.8, 4) is 12.0 Å². The summed E-state index contributed by atoms with van der Waals surface area (Å²) in [5.41, 5.74) is 0.649. The van der Waals surface area contributed by atoms with Crippen LogP contribution in [0.2, 0.25) is 0 Å². The lowest BCUT2D eigenvalue weighted by atomic mass is 10.1. The third kappa shape index (κ3) is 4.23. The van der Waals surface area contributed by atoms with E-state index >= 15 is 0 Å². The van der Waals surface area contributed by atoms with Gasteiger partial charge in [0, 0.05) is 24.1 Å². The molecular weight excluding hydrogens is 392 g/mol. The van der Waals surface area contributed by atoms with Crippen molar-refractivity contribution in [3.63, 3.8) is 0 Å². The number of aromatic nitrogens is 1. The molecular formula is C20H20N4O4S. The van der Waals surface area contributed by atoms with E-state index in [4.69, 9.17) is 4.42 Å². The lowest BCUT2D eigenvalue weighted by molar-refractivity contribution is 0.102. The monoisotopic (exact) mass is 412 g/mol. The third-order valence-electron chi connectivity index (χ3n) is 4.06. The van der Waals surface area contributed by atoms with Crippen LogP contribution in [0.1, 0.15) is 35.5 Å². The van der Waals surface area contributed by atoms with Gasteiger partial charge in [-0.2, -0.15) is 5.26 Å². The summed E-state index contributed by atoms with van der Waals surface area (Å²) in [5.74, 6) is 0.0570. The number of anilines is 1. The Labute approximate surface area is 168 Å². The summed E-state index contributed by atoms with van der Waals surface area (Å²) in [5, 5.41) is 12.2. The molecule has 0 aliphatic carbocycles. The highest BCUT2D eigenvalue weighted by molar-refractivity contribution is 7.89. The van der Waals surface area contributed by atoms with Gasteiger partial charge in [-0.3, -0.25) is 9.36 Å². The second kappa shape index (κ2) is 7.95. The number of hydrogen-bond donors (Lipinski definition) is 2. The number of furan rings is 1. The summed E-state index contributed by atoms with van der Waals surface area (Å²) in [7, 11) is -3.62. The number of carbonyl (C=O) groups excluding carboxylic acids is 1. The lowest BCUT2D eigenvalue weighted by Gasteiger charge is -2.10. The molecule has 0 spiro atoms. The average Bonchev–Trinajstić information content (AvgIpc) is 3.28. The molecule has 9 heteroatoms. The molecule has 3 rings (SSSR count). The number of rotatable bonds is 6. The zero-order valence-electron chi connectivity index (χ0n) is 16.1. The molecule has 0 unspecified atom stereocenters. The van der Waals surface area contributed by atoms with Crippen LogP contribution in [0.25, 0.3) is 5.88 Å². The van der Waals surface area contributed by atoms with Crippen LogP contribution in [-0.2, 0) is 10.0 Å². The molecule has 0 atom stereocenters. The molecule has 1 amide bonds. The van der Waals surface area contributed by atoms with E-state index < -0.39 is 15.9 Å². The van der Waals surface area contributed by atoms with Crippen LogP contribution in [0.15, 0.2) is 58.1 Å². The Hall–Kier alpha value is -3.35. The molecule has 2 heterocycles. The summed E-state index contributed by atoms with van der Waals surface area (Å²) >= 11 is 0. The van der Waals surface area contributed by atoms with Gasteiger partial charge in [0.05, 0.1) is 4.90 Å². The number of benzene rings is 1. The third-order valence-corrected chi connectivity index (χ3v) is 5.73. The summed E-state index contributed by atoms with van der Waals surface area (Å²) in [6.07, 6.45) is 3.43. The predicted molar refractivity (Wildman–Crippen MR) is 107 cm³/mol. The van der Waals surface area contributed by atoms with Crippen LogP contribution in [-0.4, -0.2) is 24.9 Å². The van der Waals surface area contributed by atoms with Gasteiger partial charge in [-0.15, -0.1) is 0 Å². The lowest BCUT2D eigenvalue weighted by Crippen LogP contribution is -2.30. The number of nitrogens with one attached hydrogen (secondary N) is 2. The van der Waals surface area contributed by atoms with E-state index in [1.54, 1.807) is 49.9 Å². The van der Waals surface area contributed by atoms with Gasteiger partial charge in [0.25, 0.3) is 5.91 Å². The Bertz CT molecular complexity index is 1170. The van der Waals surface area contributed by atoms with Crippen LogP contribution in [0, 0.1) is 18.3 Å². The molecule has 2 N–H and O–H groups in total. The quantitative estimate of drug-likeness (QED) is 0.645. The van der Waals surface area contributed by atoms with Crippen molar-refractivity contribution in [2.75, 3.05) is 5.32 Å². The fourth-order valence-corrected chi connectivity index (χ4v) is 4.10. The van der Waals surface area contributed by atoms with E-state index in [-0.39, 0.29) is 27.9 Å². The van der Waals surface area contributed by atoms with Gasteiger partial charge in [-0.25, -0.2) is 13.1 Å². The minimum absolute atomic E-state index is 0.0938. The van der Waals surface area contributed by atoms with Crippen LogP contribution in [0.5, 0.6) is 0 Å². The van der Waals surface area contributed by atoms with Gasteiger partial charge < -0.3 is 9.73 Å². The first-order chi connectivity index (χ1) is 13.7. The zero-order chi connectivity index (χ0) is 21.2. The van der Waals surface area contributed by atoms with Crippen molar-refractivity contribution in [2.45, 2.75) is 31.7 Å². The maximum absolute atomic E-state index is 12.8. The fraction of sp³-hybridized carbons (Fsp3) is 0.200. The number of aryl methyl sites for hydroxylation is 1. The maximum atomic E-state index is 12.8. The number of nitriles is 1. The van der Waals surface area contributed by atoms with Crippen molar-refractivity contribution in [1.29, 1.82) is 5.26 Å². The van der Waals surface area contributed by atoms with E-state index in [0.29, 0.717) is 11.4 Å². The van der Waals surface area contributed by atoms with E-state index in [1.165, 1.54) is 24.3 Å². The highest BCUT2D eigenvalue weighted by Gasteiger charge is 2.24. The standard InChI is InChI=1S/C20H20N4O4S/c1-13(2)23-29(26,27)16-8-6-15(7-9-16)22-19(25)18-14(3)28-20(17(18)12-21)24-10-4-5-11-24/h4-11,13,23H,1-3H3,(H,22,25). The topological polar surface area (TPSA) is 117 Å². The Morgan fingerprint density at radius 3 is 2.34 bits per heavy atom. The SMILES string of the molecule is Cc1oc(-n2cccc2)c(C#N)c1C(=O)Nc1ccc(S(=O)(=O)NC(C)C)cc1. The normalized spacial score (nSPS) is 11.4. The molecule has 0 saturated heterocycles. The van der Waals surface area contributed by atoms with Gasteiger partial charge in [0.1, 0.15) is 23.0 Å². The number of hydrogen-bond acceptors (Lipinski definition) is 5. The van der Waals surface area contributed by atoms with E-state index in [9.17, 15) is 18.5 Å². The highest BCUT2D eigenvalue weighted by Crippen LogP contribution is 2.26. The Balaban J connectivity index is 1.86. The first-order valence-corrected chi connectivity index (χ1v) is 10.3. The van der Waals surface area contributed by atoms with Crippen molar-refractivity contribution >= 4 is 21.6 Å². The number of nitrogens with zero attached hydrogens (tertiary/aromatic N) is 2. The first-order valence-electron chi connectivity index (χ1n) is 8.83. The molecule has 1 aromatic carbocycles. The van der Waals surface area contributed by atoms with Gasteiger partial charge in [0.15, 0.2) is 0 Å². The van der Waals surface area contributed by atoms with Gasteiger partial charge in [0.2, 0.25) is 15.9 Å².